The van der Waals surface area contributed by atoms with E-state index in [1.807, 2.05) is 0 Å². The van der Waals surface area contributed by atoms with Crippen LogP contribution in [-0.2, 0) is 0 Å². The summed E-state index contributed by atoms with van der Waals surface area (Å²) in [5.74, 6) is 1.87. The molecule has 1 atom stereocenters. The Bertz CT molecular complexity index is 238. The lowest BCUT2D eigenvalue weighted by Gasteiger charge is -2.40. The third-order valence-electron chi connectivity index (χ3n) is 5.47. The molecule has 0 spiro atoms. The van der Waals surface area contributed by atoms with Crippen molar-refractivity contribution in [3.8, 4) is 0 Å². The third-order valence-corrected chi connectivity index (χ3v) is 5.47. The summed E-state index contributed by atoms with van der Waals surface area (Å²) in [4.78, 5) is 2.76. The summed E-state index contributed by atoms with van der Waals surface area (Å²) in [5, 5.41) is 3.71. The minimum Gasteiger partial charge on any atom is -0.313 e. The Hall–Kier alpha value is -0.0800. The number of hydrogen-bond donors (Lipinski definition) is 1. The second-order valence-corrected chi connectivity index (χ2v) is 7.05. The average Bonchev–Trinajstić information content (AvgIpc) is 2.46. The maximum absolute atomic E-state index is 3.71. The summed E-state index contributed by atoms with van der Waals surface area (Å²) in [6.45, 7) is 10.9. The Morgan fingerprint density at radius 1 is 1.05 bits per heavy atom. The van der Waals surface area contributed by atoms with Crippen molar-refractivity contribution in [2.75, 3.05) is 19.6 Å². The van der Waals surface area contributed by atoms with E-state index in [1.54, 1.807) is 0 Å². The lowest BCUT2D eigenvalue weighted by molar-refractivity contribution is 0.113. The molecule has 1 unspecified atom stereocenters. The molecule has 1 saturated carbocycles. The van der Waals surface area contributed by atoms with Crippen molar-refractivity contribution < 1.29 is 0 Å². The fourth-order valence-corrected chi connectivity index (χ4v) is 4.03. The van der Waals surface area contributed by atoms with E-state index < -0.39 is 0 Å². The first-order valence-corrected chi connectivity index (χ1v) is 8.68. The molecule has 0 radical (unpaired) electrons. The van der Waals surface area contributed by atoms with Crippen LogP contribution in [0.1, 0.15) is 65.7 Å². The largest absolute Gasteiger partial charge is 0.313 e. The van der Waals surface area contributed by atoms with Crippen molar-refractivity contribution in [2.45, 2.75) is 77.8 Å². The van der Waals surface area contributed by atoms with E-state index >= 15 is 0 Å². The van der Waals surface area contributed by atoms with Gasteiger partial charge in [0.05, 0.1) is 0 Å². The number of likely N-dealkylation sites (N-methyl/N-ethyl adjacent to an activating group) is 1. The third kappa shape index (κ3) is 4.46. The second kappa shape index (κ2) is 7.64. The molecule has 1 heterocycles. The molecule has 2 rings (SSSR count). The second-order valence-electron chi connectivity index (χ2n) is 7.05. The van der Waals surface area contributed by atoms with Gasteiger partial charge in [0.15, 0.2) is 0 Å². The van der Waals surface area contributed by atoms with Gasteiger partial charge in [0, 0.05) is 18.6 Å². The molecule has 2 aliphatic rings. The molecule has 1 aliphatic carbocycles. The molecule has 1 saturated heterocycles. The van der Waals surface area contributed by atoms with Gasteiger partial charge >= 0.3 is 0 Å². The van der Waals surface area contributed by atoms with Crippen LogP contribution in [0, 0.1) is 11.8 Å². The summed E-state index contributed by atoms with van der Waals surface area (Å²) in [7, 11) is 0. The van der Waals surface area contributed by atoms with Gasteiger partial charge in [-0.25, -0.2) is 0 Å². The molecule has 112 valence electrons. The van der Waals surface area contributed by atoms with Crippen molar-refractivity contribution in [3.05, 3.63) is 0 Å². The summed E-state index contributed by atoms with van der Waals surface area (Å²) < 4.78 is 0. The zero-order valence-corrected chi connectivity index (χ0v) is 13.3. The van der Waals surface area contributed by atoms with Crippen molar-refractivity contribution in [1.29, 1.82) is 0 Å². The Morgan fingerprint density at radius 3 is 2.32 bits per heavy atom. The van der Waals surface area contributed by atoms with E-state index in [-0.39, 0.29) is 0 Å². The molecule has 0 aromatic rings. The van der Waals surface area contributed by atoms with Crippen molar-refractivity contribution in [3.63, 3.8) is 0 Å². The van der Waals surface area contributed by atoms with Gasteiger partial charge in [-0.05, 0) is 63.5 Å². The zero-order valence-electron chi connectivity index (χ0n) is 13.3. The quantitative estimate of drug-likeness (QED) is 0.817. The van der Waals surface area contributed by atoms with Crippen molar-refractivity contribution >= 4 is 0 Å². The predicted molar refractivity (Wildman–Crippen MR) is 83.5 cm³/mol. The molecule has 2 heteroatoms. The minimum atomic E-state index is 0.761. The summed E-state index contributed by atoms with van der Waals surface area (Å²) in [6.07, 6.45) is 9.97. The van der Waals surface area contributed by atoms with Gasteiger partial charge in [0.2, 0.25) is 0 Å². The highest BCUT2D eigenvalue weighted by atomic mass is 15.2. The summed E-state index contributed by atoms with van der Waals surface area (Å²) >= 11 is 0. The van der Waals surface area contributed by atoms with E-state index in [0.29, 0.717) is 0 Å². The van der Waals surface area contributed by atoms with E-state index in [0.717, 1.165) is 23.9 Å². The standard InChI is InChI=1S/C17H34N2/c1-4-19(13-16-7-5-6-12-18-16)17-10-8-15(9-11-17)14(2)3/h14-18H,4-13H2,1-3H3. The van der Waals surface area contributed by atoms with Crippen LogP contribution in [0.4, 0.5) is 0 Å². The van der Waals surface area contributed by atoms with Gasteiger partial charge in [-0.15, -0.1) is 0 Å². The number of hydrogen-bond acceptors (Lipinski definition) is 2. The van der Waals surface area contributed by atoms with Crippen molar-refractivity contribution in [1.82, 2.24) is 10.2 Å². The zero-order chi connectivity index (χ0) is 13.7. The van der Waals surface area contributed by atoms with Crippen LogP contribution in [0.25, 0.3) is 0 Å². The maximum atomic E-state index is 3.71. The molecule has 0 amide bonds. The van der Waals surface area contributed by atoms with E-state index in [9.17, 15) is 0 Å². The summed E-state index contributed by atoms with van der Waals surface area (Å²) in [6, 6.07) is 1.63. The molecular formula is C17H34N2. The highest BCUT2D eigenvalue weighted by Crippen LogP contribution is 2.32. The van der Waals surface area contributed by atoms with E-state index in [4.69, 9.17) is 0 Å². The molecule has 19 heavy (non-hydrogen) atoms. The Kier molecular flexibility index (Phi) is 6.15. The van der Waals surface area contributed by atoms with Crippen LogP contribution < -0.4 is 5.32 Å². The minimum absolute atomic E-state index is 0.761. The van der Waals surface area contributed by atoms with Gasteiger partial charge < -0.3 is 5.32 Å². The molecule has 0 aromatic heterocycles. The highest BCUT2D eigenvalue weighted by molar-refractivity contribution is 4.84. The van der Waals surface area contributed by atoms with Crippen LogP contribution in [0.15, 0.2) is 0 Å². The molecule has 2 fully saturated rings. The Morgan fingerprint density at radius 2 is 1.79 bits per heavy atom. The maximum Gasteiger partial charge on any atom is 0.0195 e. The normalized spacial score (nSPS) is 33.0. The summed E-state index contributed by atoms with van der Waals surface area (Å²) in [5.41, 5.74) is 0. The molecular weight excluding hydrogens is 232 g/mol. The van der Waals surface area contributed by atoms with Gasteiger partial charge in [-0.1, -0.05) is 27.2 Å². The highest BCUT2D eigenvalue weighted by Gasteiger charge is 2.28. The molecule has 1 N–H and O–H groups in total. The first kappa shape index (κ1) is 15.3. The lowest BCUT2D eigenvalue weighted by atomic mass is 9.79. The van der Waals surface area contributed by atoms with Crippen LogP contribution in [-0.4, -0.2) is 36.6 Å². The van der Waals surface area contributed by atoms with Crippen LogP contribution >= 0.6 is 0 Å². The number of rotatable bonds is 5. The molecule has 0 aromatic carbocycles. The lowest BCUT2D eigenvalue weighted by Crippen LogP contribution is -2.48. The van der Waals surface area contributed by atoms with Gasteiger partial charge in [0.25, 0.3) is 0 Å². The smallest absolute Gasteiger partial charge is 0.0195 e. The molecule has 2 nitrogen and oxygen atoms in total. The van der Waals surface area contributed by atoms with Gasteiger partial charge in [0.1, 0.15) is 0 Å². The Labute approximate surface area is 120 Å². The van der Waals surface area contributed by atoms with Gasteiger partial charge in [-0.3, -0.25) is 4.90 Å². The Balaban J connectivity index is 1.78. The van der Waals surface area contributed by atoms with E-state index in [1.165, 1.54) is 64.6 Å². The first-order valence-electron chi connectivity index (χ1n) is 8.68. The van der Waals surface area contributed by atoms with Crippen LogP contribution in [0.3, 0.4) is 0 Å². The van der Waals surface area contributed by atoms with Crippen molar-refractivity contribution in [2.24, 2.45) is 11.8 Å². The first-order chi connectivity index (χ1) is 9.20. The SMILES string of the molecule is CCN(CC1CCCCN1)C1CCC(C(C)C)CC1. The average molecular weight is 266 g/mol. The predicted octanol–water partition coefficient (Wildman–Crippen LogP) is 3.67. The molecule has 1 aliphatic heterocycles. The van der Waals surface area contributed by atoms with Gasteiger partial charge in [-0.2, -0.15) is 0 Å². The molecule has 0 bridgehead atoms. The van der Waals surface area contributed by atoms with Crippen LogP contribution in [0.2, 0.25) is 0 Å². The van der Waals surface area contributed by atoms with E-state index in [2.05, 4.69) is 31.0 Å². The monoisotopic (exact) mass is 266 g/mol. The fraction of sp³-hybridized carbons (Fsp3) is 1.00. The topological polar surface area (TPSA) is 15.3 Å². The number of nitrogens with one attached hydrogen (secondary N) is 1. The number of nitrogens with zero attached hydrogens (tertiary/aromatic N) is 1. The van der Waals surface area contributed by atoms with Crippen LogP contribution in [0.5, 0.6) is 0 Å². The fourth-order valence-electron chi connectivity index (χ4n) is 4.03. The number of piperidine rings is 1.